The highest BCUT2D eigenvalue weighted by Gasteiger charge is 2.08. The molecule has 1 heterocycles. The number of pyridine rings is 1. The van der Waals surface area contributed by atoms with Gasteiger partial charge in [0.25, 0.3) is 0 Å². The van der Waals surface area contributed by atoms with Crippen molar-refractivity contribution in [3.63, 3.8) is 0 Å². The van der Waals surface area contributed by atoms with Gasteiger partial charge in [-0.2, -0.15) is 0 Å². The number of anilines is 1. The van der Waals surface area contributed by atoms with Crippen molar-refractivity contribution in [2.45, 2.75) is 6.42 Å². The van der Waals surface area contributed by atoms with Crippen LogP contribution in [0.25, 0.3) is 11.1 Å². The third kappa shape index (κ3) is 2.81. The molecule has 0 unspecified atom stereocenters. The van der Waals surface area contributed by atoms with E-state index in [0.29, 0.717) is 17.8 Å². The molecule has 0 fully saturated rings. The molecular formula is C18H14F2N2. The smallest absolute Gasteiger partial charge is 0.162 e. The summed E-state index contributed by atoms with van der Waals surface area (Å²) in [7, 11) is 0. The normalized spacial score (nSPS) is 10.6. The third-order valence-corrected chi connectivity index (χ3v) is 3.53. The molecule has 3 rings (SSSR count). The quantitative estimate of drug-likeness (QED) is 0.786. The van der Waals surface area contributed by atoms with Crippen molar-refractivity contribution in [3.8, 4) is 11.1 Å². The van der Waals surface area contributed by atoms with Gasteiger partial charge in [0.05, 0.1) is 0 Å². The lowest BCUT2D eigenvalue weighted by atomic mass is 10.0. The summed E-state index contributed by atoms with van der Waals surface area (Å²) in [5.41, 5.74) is 8.88. The molecular weight excluding hydrogens is 282 g/mol. The second-order valence-electron chi connectivity index (χ2n) is 5.02. The minimum atomic E-state index is -0.822. The van der Waals surface area contributed by atoms with E-state index in [0.717, 1.165) is 22.8 Å². The molecule has 0 aliphatic heterocycles. The molecule has 0 bridgehead atoms. The van der Waals surface area contributed by atoms with E-state index >= 15 is 0 Å². The number of hydrogen-bond acceptors (Lipinski definition) is 2. The van der Waals surface area contributed by atoms with Crippen LogP contribution in [0.4, 0.5) is 14.6 Å². The Morgan fingerprint density at radius 3 is 2.41 bits per heavy atom. The summed E-state index contributed by atoms with van der Waals surface area (Å²) in [5, 5.41) is 0. The van der Waals surface area contributed by atoms with Gasteiger partial charge in [-0.15, -0.1) is 0 Å². The molecule has 0 saturated heterocycles. The summed E-state index contributed by atoms with van der Waals surface area (Å²) in [6.45, 7) is 0. The van der Waals surface area contributed by atoms with Gasteiger partial charge in [-0.25, -0.2) is 13.8 Å². The van der Waals surface area contributed by atoms with Crippen LogP contribution in [0.15, 0.2) is 60.8 Å². The molecule has 0 saturated carbocycles. The van der Waals surface area contributed by atoms with Gasteiger partial charge in [-0.3, -0.25) is 0 Å². The third-order valence-electron chi connectivity index (χ3n) is 3.53. The number of halogens is 2. The molecule has 0 amide bonds. The number of nitrogen functional groups attached to an aromatic ring is 1. The molecule has 1 aromatic heterocycles. The van der Waals surface area contributed by atoms with Crippen molar-refractivity contribution < 1.29 is 8.78 Å². The molecule has 3 aromatic rings. The largest absolute Gasteiger partial charge is 0.383 e. The zero-order chi connectivity index (χ0) is 15.5. The van der Waals surface area contributed by atoms with Crippen LogP contribution in [0, 0.1) is 11.6 Å². The summed E-state index contributed by atoms with van der Waals surface area (Å²) < 4.78 is 26.9. The van der Waals surface area contributed by atoms with E-state index in [4.69, 9.17) is 5.73 Å². The Hall–Kier alpha value is -2.75. The highest BCUT2D eigenvalue weighted by molar-refractivity contribution is 5.73. The van der Waals surface area contributed by atoms with Crippen LogP contribution in [0.3, 0.4) is 0 Å². The van der Waals surface area contributed by atoms with Crippen molar-refractivity contribution in [1.29, 1.82) is 0 Å². The Morgan fingerprint density at radius 2 is 1.68 bits per heavy atom. The van der Waals surface area contributed by atoms with Gasteiger partial charge in [0.1, 0.15) is 5.82 Å². The number of rotatable bonds is 3. The first-order chi connectivity index (χ1) is 10.6. The molecule has 0 radical (unpaired) electrons. The van der Waals surface area contributed by atoms with E-state index in [-0.39, 0.29) is 0 Å². The van der Waals surface area contributed by atoms with E-state index < -0.39 is 11.6 Å². The maximum Gasteiger partial charge on any atom is 0.162 e. The number of nitrogens with two attached hydrogens (primary N) is 1. The van der Waals surface area contributed by atoms with Gasteiger partial charge in [0.2, 0.25) is 0 Å². The maximum atomic E-state index is 13.7. The van der Waals surface area contributed by atoms with Gasteiger partial charge in [0, 0.05) is 18.2 Å². The van der Waals surface area contributed by atoms with Gasteiger partial charge in [-0.05, 0) is 34.9 Å². The summed E-state index contributed by atoms with van der Waals surface area (Å²) >= 11 is 0. The maximum absolute atomic E-state index is 13.7. The Kier molecular flexibility index (Phi) is 3.83. The minimum absolute atomic E-state index is 0.340. The van der Waals surface area contributed by atoms with E-state index in [2.05, 4.69) is 4.98 Å². The highest BCUT2D eigenvalue weighted by Crippen LogP contribution is 2.25. The summed E-state index contributed by atoms with van der Waals surface area (Å²) in [6.07, 6.45) is 1.98. The van der Waals surface area contributed by atoms with Crippen molar-refractivity contribution in [2.75, 3.05) is 5.73 Å². The lowest BCUT2D eigenvalue weighted by Gasteiger charge is -2.07. The average Bonchev–Trinajstić information content (AvgIpc) is 2.53. The zero-order valence-corrected chi connectivity index (χ0v) is 11.8. The standard InChI is InChI=1S/C18H14F2N2/c19-16-5-1-3-14(17(16)20)11-12-6-8-13(9-7-12)15-4-2-10-22-18(15)21/h1-10H,11H2,(H2,21,22). The first-order valence-electron chi connectivity index (χ1n) is 6.88. The van der Waals surface area contributed by atoms with Gasteiger partial charge in [0.15, 0.2) is 11.6 Å². The first kappa shape index (κ1) is 14.2. The van der Waals surface area contributed by atoms with E-state index in [9.17, 15) is 8.78 Å². The summed E-state index contributed by atoms with van der Waals surface area (Å²) in [4.78, 5) is 4.05. The number of benzene rings is 2. The van der Waals surface area contributed by atoms with E-state index in [1.807, 2.05) is 36.4 Å². The fourth-order valence-corrected chi connectivity index (χ4v) is 2.37. The van der Waals surface area contributed by atoms with Crippen molar-refractivity contribution in [3.05, 3.63) is 83.6 Å². The highest BCUT2D eigenvalue weighted by atomic mass is 19.2. The summed E-state index contributed by atoms with van der Waals surface area (Å²) in [6, 6.07) is 15.5. The topological polar surface area (TPSA) is 38.9 Å². The molecule has 110 valence electrons. The molecule has 0 aliphatic carbocycles. The Bertz CT molecular complexity index is 798. The van der Waals surface area contributed by atoms with Gasteiger partial charge in [-0.1, -0.05) is 36.4 Å². The van der Waals surface area contributed by atoms with Crippen LogP contribution < -0.4 is 5.73 Å². The first-order valence-corrected chi connectivity index (χ1v) is 6.88. The van der Waals surface area contributed by atoms with E-state index in [1.165, 1.54) is 6.07 Å². The Labute approximate surface area is 127 Å². The van der Waals surface area contributed by atoms with Crippen LogP contribution in [-0.2, 0) is 6.42 Å². The van der Waals surface area contributed by atoms with Crippen LogP contribution in [0.1, 0.15) is 11.1 Å². The predicted molar refractivity (Wildman–Crippen MR) is 83.2 cm³/mol. The average molecular weight is 296 g/mol. The van der Waals surface area contributed by atoms with Crippen molar-refractivity contribution in [2.24, 2.45) is 0 Å². The molecule has 4 heteroatoms. The number of aromatic nitrogens is 1. The van der Waals surface area contributed by atoms with Crippen molar-refractivity contribution in [1.82, 2.24) is 4.98 Å². The van der Waals surface area contributed by atoms with Crippen molar-refractivity contribution >= 4 is 5.82 Å². The number of hydrogen-bond donors (Lipinski definition) is 1. The fourth-order valence-electron chi connectivity index (χ4n) is 2.37. The molecule has 2 nitrogen and oxygen atoms in total. The molecule has 2 N–H and O–H groups in total. The molecule has 2 aromatic carbocycles. The van der Waals surface area contributed by atoms with Crippen LogP contribution in [0.2, 0.25) is 0 Å². The lowest BCUT2D eigenvalue weighted by molar-refractivity contribution is 0.501. The van der Waals surface area contributed by atoms with Crippen LogP contribution in [-0.4, -0.2) is 4.98 Å². The Morgan fingerprint density at radius 1 is 0.909 bits per heavy atom. The number of nitrogens with zero attached hydrogens (tertiary/aromatic N) is 1. The minimum Gasteiger partial charge on any atom is -0.383 e. The predicted octanol–water partition coefficient (Wildman–Crippen LogP) is 4.20. The fraction of sp³-hybridized carbons (Fsp3) is 0.0556. The van der Waals surface area contributed by atoms with Crippen LogP contribution >= 0.6 is 0 Å². The summed E-state index contributed by atoms with van der Waals surface area (Å²) in [5.74, 6) is -1.15. The molecule has 0 spiro atoms. The second kappa shape index (κ2) is 5.93. The van der Waals surface area contributed by atoms with Crippen LogP contribution in [0.5, 0.6) is 0 Å². The van der Waals surface area contributed by atoms with Gasteiger partial charge >= 0.3 is 0 Å². The lowest BCUT2D eigenvalue weighted by Crippen LogP contribution is -1.96. The van der Waals surface area contributed by atoms with Gasteiger partial charge < -0.3 is 5.73 Å². The zero-order valence-electron chi connectivity index (χ0n) is 11.8. The Balaban J connectivity index is 1.86. The molecule has 0 atom stereocenters. The molecule has 22 heavy (non-hydrogen) atoms. The van der Waals surface area contributed by atoms with E-state index in [1.54, 1.807) is 12.3 Å². The monoisotopic (exact) mass is 296 g/mol. The SMILES string of the molecule is Nc1ncccc1-c1ccc(Cc2cccc(F)c2F)cc1. The second-order valence-corrected chi connectivity index (χ2v) is 5.02. The molecule has 0 aliphatic rings.